The minimum atomic E-state index is 0.0174. The number of nitrogen functional groups attached to an aromatic ring is 1. The molecule has 1 aliphatic rings. The van der Waals surface area contributed by atoms with Crippen LogP contribution in [0.25, 0.3) is 0 Å². The van der Waals surface area contributed by atoms with Crippen molar-refractivity contribution in [1.82, 2.24) is 0 Å². The molecule has 1 fully saturated rings. The topological polar surface area (TPSA) is 78.9 Å². The number of amides is 1. The molecule has 0 bridgehead atoms. The molecule has 0 spiro atoms. The lowest BCUT2D eigenvalue weighted by Crippen LogP contribution is -2.20. The molecule has 0 radical (unpaired) electrons. The number of nitrogens with one attached hydrogen (secondary N) is 1. The van der Waals surface area contributed by atoms with Crippen molar-refractivity contribution in [2.24, 2.45) is 5.92 Å². The molecule has 4 heteroatoms. The summed E-state index contributed by atoms with van der Waals surface area (Å²) in [4.78, 5) is 11.9. The summed E-state index contributed by atoms with van der Waals surface area (Å²) in [5.74, 6) is 0.114. The van der Waals surface area contributed by atoms with Gasteiger partial charge in [0.15, 0.2) is 0 Å². The Kier molecular flexibility index (Phi) is 3.29. The standard InChI is InChI=1S/C13H15N3O/c14-8-10-7-11(15)5-6-12(10)16-13(17)9-3-1-2-4-9/h5-7,9H,1-4,15H2,(H,16,17). The first kappa shape index (κ1) is 11.5. The molecule has 1 amide bonds. The predicted molar refractivity (Wildman–Crippen MR) is 66.2 cm³/mol. The van der Waals surface area contributed by atoms with Crippen LogP contribution in [0.3, 0.4) is 0 Å². The third-order valence-electron chi connectivity index (χ3n) is 3.15. The smallest absolute Gasteiger partial charge is 0.227 e. The van der Waals surface area contributed by atoms with E-state index in [-0.39, 0.29) is 11.8 Å². The summed E-state index contributed by atoms with van der Waals surface area (Å²) >= 11 is 0. The van der Waals surface area contributed by atoms with E-state index in [1.165, 1.54) is 0 Å². The summed E-state index contributed by atoms with van der Waals surface area (Å²) in [6.07, 6.45) is 4.13. The molecule has 0 aliphatic heterocycles. The molecule has 1 aromatic carbocycles. The van der Waals surface area contributed by atoms with E-state index in [1.54, 1.807) is 18.2 Å². The molecule has 0 atom stereocenters. The Hall–Kier alpha value is -2.02. The lowest BCUT2D eigenvalue weighted by atomic mass is 10.1. The highest BCUT2D eigenvalue weighted by atomic mass is 16.1. The predicted octanol–water partition coefficient (Wildman–Crippen LogP) is 2.27. The first-order chi connectivity index (χ1) is 8.20. The second-order valence-electron chi connectivity index (χ2n) is 4.39. The Morgan fingerprint density at radius 3 is 2.76 bits per heavy atom. The molecule has 0 saturated heterocycles. The highest BCUT2D eigenvalue weighted by Gasteiger charge is 2.23. The molecular formula is C13H15N3O. The average Bonchev–Trinajstić information content (AvgIpc) is 2.85. The van der Waals surface area contributed by atoms with E-state index in [0.29, 0.717) is 16.9 Å². The minimum absolute atomic E-state index is 0.0174. The van der Waals surface area contributed by atoms with Crippen LogP contribution in [0.5, 0.6) is 0 Å². The zero-order valence-electron chi connectivity index (χ0n) is 9.57. The summed E-state index contributed by atoms with van der Waals surface area (Å²) in [6.45, 7) is 0. The number of rotatable bonds is 2. The number of nitriles is 1. The fourth-order valence-electron chi connectivity index (χ4n) is 2.19. The fraction of sp³-hybridized carbons (Fsp3) is 0.385. The van der Waals surface area contributed by atoms with Crippen LogP contribution in [-0.2, 0) is 4.79 Å². The van der Waals surface area contributed by atoms with Crippen molar-refractivity contribution in [3.05, 3.63) is 23.8 Å². The first-order valence-electron chi connectivity index (χ1n) is 5.81. The zero-order chi connectivity index (χ0) is 12.3. The number of carbonyl (C=O) groups is 1. The van der Waals surface area contributed by atoms with Gasteiger partial charge in [0.1, 0.15) is 6.07 Å². The summed E-state index contributed by atoms with van der Waals surface area (Å²) in [5.41, 5.74) is 7.09. The van der Waals surface area contributed by atoms with E-state index in [9.17, 15) is 4.79 Å². The average molecular weight is 229 g/mol. The van der Waals surface area contributed by atoms with Gasteiger partial charge in [-0.2, -0.15) is 5.26 Å². The van der Waals surface area contributed by atoms with Crippen molar-refractivity contribution >= 4 is 17.3 Å². The SMILES string of the molecule is N#Cc1cc(N)ccc1NC(=O)C1CCCC1. The van der Waals surface area contributed by atoms with E-state index in [2.05, 4.69) is 5.32 Å². The van der Waals surface area contributed by atoms with E-state index in [1.807, 2.05) is 6.07 Å². The molecule has 1 saturated carbocycles. The molecule has 1 aliphatic carbocycles. The fourth-order valence-corrected chi connectivity index (χ4v) is 2.19. The van der Waals surface area contributed by atoms with Gasteiger partial charge in [0.25, 0.3) is 0 Å². The van der Waals surface area contributed by atoms with E-state index < -0.39 is 0 Å². The van der Waals surface area contributed by atoms with Gasteiger partial charge < -0.3 is 11.1 Å². The van der Waals surface area contributed by atoms with Crippen LogP contribution in [-0.4, -0.2) is 5.91 Å². The normalized spacial score (nSPS) is 15.5. The summed E-state index contributed by atoms with van der Waals surface area (Å²) in [6, 6.07) is 6.98. The zero-order valence-corrected chi connectivity index (χ0v) is 9.57. The van der Waals surface area contributed by atoms with Crippen LogP contribution in [0.15, 0.2) is 18.2 Å². The minimum Gasteiger partial charge on any atom is -0.399 e. The summed E-state index contributed by atoms with van der Waals surface area (Å²) < 4.78 is 0. The van der Waals surface area contributed by atoms with Gasteiger partial charge in [-0.05, 0) is 31.0 Å². The van der Waals surface area contributed by atoms with Gasteiger partial charge in [-0.1, -0.05) is 12.8 Å². The number of hydrogen-bond acceptors (Lipinski definition) is 3. The Morgan fingerprint density at radius 2 is 2.12 bits per heavy atom. The van der Waals surface area contributed by atoms with Gasteiger partial charge >= 0.3 is 0 Å². The molecule has 88 valence electrons. The molecule has 2 rings (SSSR count). The van der Waals surface area contributed by atoms with Crippen LogP contribution in [0.1, 0.15) is 31.2 Å². The third kappa shape index (κ3) is 2.56. The van der Waals surface area contributed by atoms with Gasteiger partial charge in [-0.3, -0.25) is 4.79 Å². The summed E-state index contributed by atoms with van der Waals surface area (Å²) in [5, 5.41) is 11.8. The van der Waals surface area contributed by atoms with Crippen molar-refractivity contribution in [2.45, 2.75) is 25.7 Å². The second-order valence-corrected chi connectivity index (χ2v) is 4.39. The number of carbonyl (C=O) groups excluding carboxylic acids is 1. The van der Waals surface area contributed by atoms with Gasteiger partial charge in [0, 0.05) is 11.6 Å². The molecule has 17 heavy (non-hydrogen) atoms. The van der Waals surface area contributed by atoms with Crippen LogP contribution >= 0.6 is 0 Å². The third-order valence-corrected chi connectivity index (χ3v) is 3.15. The quantitative estimate of drug-likeness (QED) is 0.763. The monoisotopic (exact) mass is 229 g/mol. The van der Waals surface area contributed by atoms with Crippen molar-refractivity contribution in [3.63, 3.8) is 0 Å². The van der Waals surface area contributed by atoms with Crippen LogP contribution in [0, 0.1) is 17.2 Å². The van der Waals surface area contributed by atoms with Crippen molar-refractivity contribution < 1.29 is 4.79 Å². The maximum absolute atomic E-state index is 11.9. The van der Waals surface area contributed by atoms with Gasteiger partial charge in [0.05, 0.1) is 11.3 Å². The van der Waals surface area contributed by atoms with Gasteiger partial charge in [-0.25, -0.2) is 0 Å². The van der Waals surface area contributed by atoms with Crippen LogP contribution < -0.4 is 11.1 Å². The highest BCUT2D eigenvalue weighted by Crippen LogP contribution is 2.27. The number of nitrogens with two attached hydrogens (primary N) is 1. The van der Waals surface area contributed by atoms with Crippen LogP contribution in [0.4, 0.5) is 11.4 Å². The lowest BCUT2D eigenvalue weighted by Gasteiger charge is -2.11. The maximum atomic E-state index is 11.9. The Labute approximate surface area is 100 Å². The van der Waals surface area contributed by atoms with Gasteiger partial charge in [-0.15, -0.1) is 0 Å². The maximum Gasteiger partial charge on any atom is 0.227 e. The second kappa shape index (κ2) is 4.88. The molecule has 1 aromatic rings. The molecule has 0 heterocycles. The Balaban J connectivity index is 2.13. The number of anilines is 2. The van der Waals surface area contributed by atoms with E-state index in [4.69, 9.17) is 11.0 Å². The lowest BCUT2D eigenvalue weighted by molar-refractivity contribution is -0.119. The molecule has 0 aromatic heterocycles. The van der Waals surface area contributed by atoms with Crippen LogP contribution in [0.2, 0.25) is 0 Å². The largest absolute Gasteiger partial charge is 0.399 e. The van der Waals surface area contributed by atoms with Crippen molar-refractivity contribution in [1.29, 1.82) is 5.26 Å². The Bertz CT molecular complexity index is 470. The Morgan fingerprint density at radius 1 is 1.41 bits per heavy atom. The van der Waals surface area contributed by atoms with Gasteiger partial charge in [0.2, 0.25) is 5.91 Å². The highest BCUT2D eigenvalue weighted by molar-refractivity contribution is 5.94. The van der Waals surface area contributed by atoms with E-state index in [0.717, 1.165) is 25.7 Å². The molecule has 4 nitrogen and oxygen atoms in total. The number of benzene rings is 1. The molecular weight excluding hydrogens is 214 g/mol. The van der Waals surface area contributed by atoms with Crippen molar-refractivity contribution in [2.75, 3.05) is 11.1 Å². The summed E-state index contributed by atoms with van der Waals surface area (Å²) in [7, 11) is 0. The number of hydrogen-bond donors (Lipinski definition) is 2. The number of nitrogens with zero attached hydrogens (tertiary/aromatic N) is 1. The first-order valence-corrected chi connectivity index (χ1v) is 5.81. The van der Waals surface area contributed by atoms with Crippen molar-refractivity contribution in [3.8, 4) is 6.07 Å². The molecule has 0 unspecified atom stereocenters. The molecule has 3 N–H and O–H groups in total. The van der Waals surface area contributed by atoms with E-state index >= 15 is 0 Å².